The summed E-state index contributed by atoms with van der Waals surface area (Å²) in [4.78, 5) is 23.8. The molecule has 0 aromatic carbocycles. The number of nitrogens with zero attached hydrogens (tertiary/aromatic N) is 6. The van der Waals surface area contributed by atoms with Crippen molar-refractivity contribution in [3.63, 3.8) is 0 Å². The molecular weight excluding hydrogens is 304 g/mol. The monoisotopic (exact) mass is 322 g/mol. The van der Waals surface area contributed by atoms with Crippen molar-refractivity contribution in [3.05, 3.63) is 6.20 Å². The maximum Gasteiger partial charge on any atom is 0.407 e. The second-order valence-electron chi connectivity index (χ2n) is 5.31. The molecule has 2 aromatic rings. The van der Waals surface area contributed by atoms with E-state index >= 15 is 0 Å². The molecule has 1 amide bonds. The minimum atomic E-state index is -0.871. The Morgan fingerprint density at radius 2 is 2.18 bits per heavy atom. The first-order valence-electron chi connectivity index (χ1n) is 6.99. The molecule has 3 heterocycles. The number of aromatic nitrogens is 4. The number of piperazine rings is 1. The molecule has 1 aliphatic rings. The van der Waals surface area contributed by atoms with Crippen molar-refractivity contribution in [1.82, 2.24) is 24.6 Å². The minimum Gasteiger partial charge on any atom is -0.465 e. The molecular formula is C13H18N6O2S. The zero-order chi connectivity index (χ0) is 15.9. The van der Waals surface area contributed by atoms with Gasteiger partial charge in [-0.3, -0.25) is 4.68 Å². The first-order chi connectivity index (χ1) is 10.5. The van der Waals surface area contributed by atoms with Crippen LogP contribution < -0.4 is 4.90 Å². The molecule has 1 saturated heterocycles. The van der Waals surface area contributed by atoms with Gasteiger partial charge in [0.1, 0.15) is 11.0 Å². The third-order valence-corrected chi connectivity index (χ3v) is 4.45. The molecule has 118 valence electrons. The summed E-state index contributed by atoms with van der Waals surface area (Å²) >= 11 is 1.49. The van der Waals surface area contributed by atoms with Crippen molar-refractivity contribution in [1.29, 1.82) is 0 Å². The average molecular weight is 322 g/mol. The Morgan fingerprint density at radius 1 is 1.41 bits per heavy atom. The molecule has 2 aromatic heterocycles. The molecule has 3 rings (SSSR count). The number of rotatable bonds is 2. The van der Waals surface area contributed by atoms with Gasteiger partial charge in [-0.15, -0.1) is 0 Å². The van der Waals surface area contributed by atoms with Crippen molar-refractivity contribution < 1.29 is 9.90 Å². The van der Waals surface area contributed by atoms with Gasteiger partial charge in [0.05, 0.1) is 6.20 Å². The van der Waals surface area contributed by atoms with Crippen molar-refractivity contribution >= 4 is 34.7 Å². The van der Waals surface area contributed by atoms with E-state index in [4.69, 9.17) is 5.11 Å². The van der Waals surface area contributed by atoms with Crippen molar-refractivity contribution in [2.75, 3.05) is 30.8 Å². The summed E-state index contributed by atoms with van der Waals surface area (Å²) in [5, 5.41) is 14.1. The lowest BCUT2D eigenvalue weighted by molar-refractivity contribution is 0.136. The maximum absolute atomic E-state index is 11.1. The molecule has 1 aliphatic heterocycles. The van der Waals surface area contributed by atoms with Gasteiger partial charge in [-0.25, -0.2) is 14.8 Å². The van der Waals surface area contributed by atoms with Gasteiger partial charge < -0.3 is 14.9 Å². The van der Waals surface area contributed by atoms with Crippen molar-refractivity contribution in [3.8, 4) is 0 Å². The molecule has 0 aliphatic carbocycles. The molecule has 9 heteroatoms. The Hall–Kier alpha value is -2.03. The standard InChI is InChI=1S/C13H18N6O2S/c1-8-7-18(13(20)21)4-5-19(8)11-10-9(6-14-17(10)2)15-12(16-11)22-3/h6,8H,4-5,7H2,1-3H3,(H,20,21)/t8-/m0/s1. The second-order valence-corrected chi connectivity index (χ2v) is 6.08. The third-order valence-electron chi connectivity index (χ3n) is 3.90. The van der Waals surface area contributed by atoms with Crippen LogP contribution in [0.1, 0.15) is 6.92 Å². The normalized spacial score (nSPS) is 19.0. The van der Waals surface area contributed by atoms with E-state index in [-0.39, 0.29) is 6.04 Å². The van der Waals surface area contributed by atoms with Crippen LogP contribution in [0.15, 0.2) is 11.4 Å². The number of thioether (sulfide) groups is 1. The molecule has 0 spiro atoms. The van der Waals surface area contributed by atoms with Crippen molar-refractivity contribution in [2.24, 2.45) is 7.05 Å². The van der Waals surface area contributed by atoms with Crippen LogP contribution in [0, 0.1) is 0 Å². The molecule has 1 N–H and O–H groups in total. The van der Waals surface area contributed by atoms with Gasteiger partial charge in [0.25, 0.3) is 0 Å². The number of hydrogen-bond acceptors (Lipinski definition) is 6. The van der Waals surface area contributed by atoms with Gasteiger partial charge in [0.15, 0.2) is 11.0 Å². The highest BCUT2D eigenvalue weighted by molar-refractivity contribution is 7.98. The molecule has 8 nitrogen and oxygen atoms in total. The van der Waals surface area contributed by atoms with E-state index in [1.54, 1.807) is 10.9 Å². The van der Waals surface area contributed by atoms with E-state index < -0.39 is 6.09 Å². The number of carbonyl (C=O) groups is 1. The smallest absolute Gasteiger partial charge is 0.407 e. The maximum atomic E-state index is 11.1. The molecule has 0 saturated carbocycles. The Balaban J connectivity index is 2.02. The number of hydrogen-bond donors (Lipinski definition) is 1. The Bertz CT molecular complexity index is 718. The van der Waals surface area contributed by atoms with E-state index in [0.717, 1.165) is 16.9 Å². The lowest BCUT2D eigenvalue weighted by atomic mass is 10.2. The summed E-state index contributed by atoms with van der Waals surface area (Å²) in [7, 11) is 1.87. The highest BCUT2D eigenvalue weighted by atomic mass is 32.2. The average Bonchev–Trinajstić information content (AvgIpc) is 2.87. The number of anilines is 1. The lowest BCUT2D eigenvalue weighted by Crippen LogP contribution is -2.53. The Kier molecular flexibility index (Phi) is 3.81. The van der Waals surface area contributed by atoms with E-state index in [0.29, 0.717) is 24.8 Å². The van der Waals surface area contributed by atoms with Gasteiger partial charge in [-0.2, -0.15) is 5.10 Å². The summed E-state index contributed by atoms with van der Waals surface area (Å²) in [6.07, 6.45) is 2.80. The highest BCUT2D eigenvalue weighted by Crippen LogP contribution is 2.28. The van der Waals surface area contributed by atoms with Gasteiger partial charge in [-0.1, -0.05) is 11.8 Å². The van der Waals surface area contributed by atoms with Gasteiger partial charge in [0.2, 0.25) is 0 Å². The van der Waals surface area contributed by atoms with Crippen molar-refractivity contribution in [2.45, 2.75) is 18.1 Å². The van der Waals surface area contributed by atoms with Crippen LogP contribution in [0.2, 0.25) is 0 Å². The summed E-state index contributed by atoms with van der Waals surface area (Å²) < 4.78 is 1.77. The number of carboxylic acid groups (broad SMARTS) is 1. The highest BCUT2D eigenvalue weighted by Gasteiger charge is 2.29. The summed E-state index contributed by atoms with van der Waals surface area (Å²) in [6.45, 7) is 3.56. The van der Waals surface area contributed by atoms with E-state index in [1.165, 1.54) is 16.7 Å². The topological polar surface area (TPSA) is 87.4 Å². The van der Waals surface area contributed by atoms with E-state index in [2.05, 4.69) is 20.0 Å². The van der Waals surface area contributed by atoms with Crippen LogP contribution in [-0.2, 0) is 7.05 Å². The number of amides is 1. The quantitative estimate of drug-likeness (QED) is 0.658. The van der Waals surface area contributed by atoms with Crippen LogP contribution >= 0.6 is 11.8 Å². The largest absolute Gasteiger partial charge is 0.465 e. The zero-order valence-electron chi connectivity index (χ0n) is 12.7. The molecule has 0 radical (unpaired) electrons. The van der Waals surface area contributed by atoms with Crippen LogP contribution in [-0.4, -0.2) is 67.8 Å². The fourth-order valence-corrected chi connectivity index (χ4v) is 3.14. The molecule has 0 unspecified atom stereocenters. The SMILES string of the molecule is CSc1nc(N2CCN(C(=O)O)C[C@@H]2C)c2c(cnn2C)n1. The molecule has 0 bridgehead atoms. The van der Waals surface area contributed by atoms with Gasteiger partial charge in [0, 0.05) is 32.7 Å². The lowest BCUT2D eigenvalue weighted by Gasteiger charge is -2.39. The van der Waals surface area contributed by atoms with E-state index in [1.807, 2.05) is 20.2 Å². The number of fused-ring (bicyclic) bond motifs is 1. The predicted octanol–water partition coefficient (Wildman–Crippen LogP) is 1.27. The fourth-order valence-electron chi connectivity index (χ4n) is 2.78. The van der Waals surface area contributed by atoms with Crippen LogP contribution in [0.5, 0.6) is 0 Å². The first-order valence-corrected chi connectivity index (χ1v) is 8.22. The van der Waals surface area contributed by atoms with E-state index in [9.17, 15) is 4.79 Å². The molecule has 22 heavy (non-hydrogen) atoms. The molecule has 1 fully saturated rings. The Labute approximate surface area is 132 Å². The zero-order valence-corrected chi connectivity index (χ0v) is 13.5. The van der Waals surface area contributed by atoms with Crippen LogP contribution in [0.4, 0.5) is 10.6 Å². The van der Waals surface area contributed by atoms with Gasteiger partial charge >= 0.3 is 6.09 Å². The van der Waals surface area contributed by atoms with Gasteiger partial charge in [-0.05, 0) is 13.2 Å². The van der Waals surface area contributed by atoms with Crippen LogP contribution in [0.3, 0.4) is 0 Å². The Morgan fingerprint density at radius 3 is 2.82 bits per heavy atom. The summed E-state index contributed by atoms with van der Waals surface area (Å²) in [5.41, 5.74) is 1.69. The van der Waals surface area contributed by atoms with Crippen LogP contribution in [0.25, 0.3) is 11.0 Å². The predicted molar refractivity (Wildman–Crippen MR) is 84.5 cm³/mol. The third kappa shape index (κ3) is 2.45. The summed E-state index contributed by atoms with van der Waals surface area (Å²) in [5.74, 6) is 0.826. The summed E-state index contributed by atoms with van der Waals surface area (Å²) in [6, 6.07) is 0.0487. The fraction of sp³-hybridized carbons (Fsp3) is 0.538. The minimum absolute atomic E-state index is 0.0487. The molecule has 1 atom stereocenters. The second kappa shape index (κ2) is 5.64. The number of aryl methyl sites for hydroxylation is 1. The first kappa shape index (κ1) is 14.9.